The predicted octanol–water partition coefficient (Wildman–Crippen LogP) is 1.49. The van der Waals surface area contributed by atoms with Gasteiger partial charge in [0.25, 0.3) is 0 Å². The fourth-order valence-corrected chi connectivity index (χ4v) is 4.23. The maximum Gasteiger partial charge on any atom is 0.336 e. The Morgan fingerprint density at radius 2 is 1.93 bits per heavy atom. The van der Waals surface area contributed by atoms with E-state index in [9.17, 15) is 14.4 Å². The van der Waals surface area contributed by atoms with Crippen molar-refractivity contribution < 1.29 is 23.9 Å². The molecule has 3 amide bonds. The Kier molecular flexibility index (Phi) is 4.70. The van der Waals surface area contributed by atoms with Gasteiger partial charge in [0.15, 0.2) is 0 Å². The highest BCUT2D eigenvalue weighted by Gasteiger charge is 2.53. The summed E-state index contributed by atoms with van der Waals surface area (Å²) in [5.74, 6) is -1.23. The molecule has 0 aliphatic carbocycles. The molecule has 0 saturated carbocycles. The quantitative estimate of drug-likeness (QED) is 0.746. The third-order valence-electron chi connectivity index (χ3n) is 5.37. The molecule has 8 nitrogen and oxygen atoms in total. The number of nitrogens with zero attached hydrogens (tertiary/aromatic N) is 1. The molecule has 0 bridgehead atoms. The number of fused-ring (bicyclic) bond motifs is 1. The van der Waals surface area contributed by atoms with Crippen LogP contribution in [-0.4, -0.2) is 48.7 Å². The first-order valence-electron chi connectivity index (χ1n) is 9.56. The average Bonchev–Trinajstić information content (AvgIpc) is 3.05. The van der Waals surface area contributed by atoms with Crippen molar-refractivity contribution in [2.75, 3.05) is 19.8 Å². The lowest BCUT2D eigenvalue weighted by molar-refractivity contribution is -0.136. The summed E-state index contributed by atoms with van der Waals surface area (Å²) in [7, 11) is 0. The molecule has 3 aliphatic rings. The number of rotatable bonds is 5. The molecule has 1 aromatic rings. The third-order valence-corrected chi connectivity index (χ3v) is 5.37. The molecular weight excluding hydrogens is 362 g/mol. The van der Waals surface area contributed by atoms with E-state index in [2.05, 4.69) is 10.6 Å². The second-order valence-corrected chi connectivity index (χ2v) is 7.05. The van der Waals surface area contributed by atoms with Crippen LogP contribution < -0.4 is 15.4 Å². The smallest absolute Gasteiger partial charge is 0.336 e. The number of carbonyl (C=O) groups excluding carboxylic acids is 3. The zero-order chi connectivity index (χ0) is 19.8. The van der Waals surface area contributed by atoms with Crippen LogP contribution in [0.2, 0.25) is 0 Å². The molecule has 148 valence electrons. The van der Waals surface area contributed by atoms with E-state index < -0.39 is 30.0 Å². The van der Waals surface area contributed by atoms with Gasteiger partial charge in [0.2, 0.25) is 5.91 Å². The van der Waals surface area contributed by atoms with E-state index in [1.807, 2.05) is 38.1 Å². The molecule has 28 heavy (non-hydrogen) atoms. The number of imide groups is 1. The van der Waals surface area contributed by atoms with Gasteiger partial charge in [0.1, 0.15) is 18.5 Å². The normalized spacial score (nSPS) is 26.3. The van der Waals surface area contributed by atoms with Crippen molar-refractivity contribution in [2.24, 2.45) is 5.92 Å². The van der Waals surface area contributed by atoms with E-state index in [-0.39, 0.29) is 12.5 Å². The van der Waals surface area contributed by atoms with Crippen LogP contribution in [0.1, 0.15) is 31.7 Å². The van der Waals surface area contributed by atoms with Crippen molar-refractivity contribution in [3.63, 3.8) is 0 Å². The van der Waals surface area contributed by atoms with E-state index in [1.54, 1.807) is 4.90 Å². The van der Waals surface area contributed by atoms with Crippen LogP contribution in [0.5, 0.6) is 5.75 Å². The van der Waals surface area contributed by atoms with Gasteiger partial charge in [-0.1, -0.05) is 19.1 Å². The molecule has 0 radical (unpaired) electrons. The van der Waals surface area contributed by atoms with Gasteiger partial charge < -0.3 is 19.7 Å². The fourth-order valence-electron chi connectivity index (χ4n) is 4.23. The summed E-state index contributed by atoms with van der Waals surface area (Å²) in [6, 6.07) is 6.96. The summed E-state index contributed by atoms with van der Waals surface area (Å²) in [6.45, 7) is 5.05. The van der Waals surface area contributed by atoms with E-state index in [1.165, 1.54) is 0 Å². The highest BCUT2D eigenvalue weighted by Crippen LogP contribution is 2.44. The van der Waals surface area contributed by atoms with E-state index in [0.29, 0.717) is 24.4 Å². The minimum Gasteiger partial charge on any atom is -0.494 e. The molecule has 0 aromatic heterocycles. The first kappa shape index (κ1) is 18.3. The van der Waals surface area contributed by atoms with Crippen LogP contribution in [0.3, 0.4) is 0 Å². The molecule has 3 unspecified atom stereocenters. The van der Waals surface area contributed by atoms with Gasteiger partial charge >= 0.3 is 12.0 Å². The second-order valence-electron chi connectivity index (χ2n) is 7.05. The first-order chi connectivity index (χ1) is 13.5. The molecule has 8 heteroatoms. The van der Waals surface area contributed by atoms with Crippen molar-refractivity contribution in [1.29, 1.82) is 0 Å². The molecule has 0 spiro atoms. The number of esters is 1. The Hall–Kier alpha value is -3.03. The number of urea groups is 1. The standard InChI is InChI=1S/C20H23N3O5/c1-3-9-23-17-16(18(24)22-20(23)26)14(15-13(21-17)10-28-19(15)25)11-5-7-12(8-6-11)27-4-2/h5-8,14,16-17,21H,3-4,9-10H2,1-2H3,(H,22,24,26). The van der Waals surface area contributed by atoms with Crippen LogP contribution in [0, 0.1) is 5.92 Å². The summed E-state index contributed by atoms with van der Waals surface area (Å²) in [4.78, 5) is 39.3. The molecular formula is C20H23N3O5. The lowest BCUT2D eigenvalue weighted by Crippen LogP contribution is -2.67. The molecule has 3 aliphatic heterocycles. The summed E-state index contributed by atoms with van der Waals surface area (Å²) >= 11 is 0. The molecule has 2 N–H and O–H groups in total. The average molecular weight is 385 g/mol. The Bertz CT molecular complexity index is 848. The minimum atomic E-state index is -0.633. The fraction of sp³-hybridized carbons (Fsp3) is 0.450. The highest BCUT2D eigenvalue weighted by molar-refractivity contribution is 6.02. The van der Waals surface area contributed by atoms with Gasteiger partial charge in [-0.25, -0.2) is 9.59 Å². The van der Waals surface area contributed by atoms with Crippen LogP contribution in [0.4, 0.5) is 4.79 Å². The third kappa shape index (κ3) is 2.89. The Morgan fingerprint density at radius 1 is 1.18 bits per heavy atom. The van der Waals surface area contributed by atoms with Gasteiger partial charge in [0, 0.05) is 12.5 Å². The van der Waals surface area contributed by atoms with E-state index in [0.717, 1.165) is 17.7 Å². The topological polar surface area (TPSA) is 97.0 Å². The number of amides is 3. The van der Waals surface area contributed by atoms with Gasteiger partial charge in [-0.3, -0.25) is 10.1 Å². The molecule has 3 atom stereocenters. The molecule has 1 fully saturated rings. The van der Waals surface area contributed by atoms with E-state index in [4.69, 9.17) is 9.47 Å². The number of carbonyl (C=O) groups is 3. The van der Waals surface area contributed by atoms with Crippen LogP contribution in [-0.2, 0) is 14.3 Å². The minimum absolute atomic E-state index is 0.126. The lowest BCUT2D eigenvalue weighted by Gasteiger charge is -2.46. The van der Waals surface area contributed by atoms with Crippen molar-refractivity contribution in [3.8, 4) is 5.75 Å². The van der Waals surface area contributed by atoms with E-state index >= 15 is 0 Å². The maximum atomic E-state index is 12.8. The van der Waals surface area contributed by atoms with Gasteiger partial charge in [0.05, 0.1) is 23.8 Å². The zero-order valence-corrected chi connectivity index (χ0v) is 15.9. The molecule has 4 rings (SSSR count). The second kappa shape index (κ2) is 7.18. The van der Waals surface area contributed by atoms with Crippen molar-refractivity contribution >= 4 is 17.9 Å². The van der Waals surface area contributed by atoms with Crippen molar-refractivity contribution in [1.82, 2.24) is 15.5 Å². The van der Waals surface area contributed by atoms with Crippen molar-refractivity contribution in [3.05, 3.63) is 41.1 Å². The monoisotopic (exact) mass is 385 g/mol. The van der Waals surface area contributed by atoms with Crippen LogP contribution in [0.15, 0.2) is 35.5 Å². The number of cyclic esters (lactones) is 1. The number of ether oxygens (including phenoxy) is 2. The van der Waals surface area contributed by atoms with Gasteiger partial charge in [-0.2, -0.15) is 0 Å². The Balaban J connectivity index is 1.79. The first-order valence-corrected chi connectivity index (χ1v) is 9.56. The Labute approximate surface area is 162 Å². The molecule has 1 saturated heterocycles. The summed E-state index contributed by atoms with van der Waals surface area (Å²) in [6.07, 6.45) is 0.229. The largest absolute Gasteiger partial charge is 0.494 e. The Morgan fingerprint density at radius 3 is 2.61 bits per heavy atom. The van der Waals surface area contributed by atoms with Gasteiger partial charge in [-0.15, -0.1) is 0 Å². The van der Waals surface area contributed by atoms with Gasteiger partial charge in [-0.05, 0) is 31.0 Å². The zero-order valence-electron chi connectivity index (χ0n) is 15.9. The highest BCUT2D eigenvalue weighted by atomic mass is 16.5. The SMILES string of the molecule is CCCN1C(=O)NC(=O)C2C(c3ccc(OCC)cc3)C3=C(COC3=O)NC21. The number of hydrogen-bond donors (Lipinski definition) is 2. The molecule has 3 heterocycles. The molecule has 1 aromatic carbocycles. The van der Waals surface area contributed by atoms with Crippen LogP contribution >= 0.6 is 0 Å². The summed E-state index contributed by atoms with van der Waals surface area (Å²) < 4.78 is 10.7. The predicted molar refractivity (Wildman–Crippen MR) is 99.3 cm³/mol. The lowest BCUT2D eigenvalue weighted by atomic mass is 9.74. The number of benzene rings is 1. The summed E-state index contributed by atoms with van der Waals surface area (Å²) in [5.41, 5.74) is 1.92. The van der Waals surface area contributed by atoms with Crippen LogP contribution in [0.25, 0.3) is 0 Å². The number of hydrogen-bond acceptors (Lipinski definition) is 6. The number of nitrogens with one attached hydrogen (secondary N) is 2. The maximum absolute atomic E-state index is 12.8. The summed E-state index contributed by atoms with van der Waals surface area (Å²) in [5, 5.41) is 5.68. The van der Waals surface area contributed by atoms with Crippen molar-refractivity contribution in [2.45, 2.75) is 32.4 Å².